The minimum Gasteiger partial charge on any atom is -0.307 e. The molecule has 1 N–H and O–H groups in total. The first-order chi connectivity index (χ1) is 6.84. The summed E-state index contributed by atoms with van der Waals surface area (Å²) in [7, 11) is 0. The topological polar surface area (TPSA) is 12.0 Å². The van der Waals surface area contributed by atoms with Gasteiger partial charge in [0.15, 0.2) is 0 Å². The van der Waals surface area contributed by atoms with Crippen molar-refractivity contribution in [3.8, 4) is 0 Å². The van der Waals surface area contributed by atoms with Crippen LogP contribution in [0.15, 0.2) is 42.5 Å². The Kier molecular flexibility index (Phi) is 5.35. The van der Waals surface area contributed by atoms with Crippen LogP contribution in [-0.4, -0.2) is 12.4 Å². The van der Waals surface area contributed by atoms with E-state index in [2.05, 4.69) is 36.5 Å². The lowest BCUT2D eigenvalue weighted by Crippen LogP contribution is -2.18. The molecule has 1 unspecified atom stereocenters. The van der Waals surface area contributed by atoms with Crippen molar-refractivity contribution in [2.75, 3.05) is 12.4 Å². The van der Waals surface area contributed by atoms with Gasteiger partial charge in [-0.15, -0.1) is 11.6 Å². The van der Waals surface area contributed by atoms with E-state index in [-0.39, 0.29) is 0 Å². The molecule has 0 saturated carbocycles. The molecule has 0 spiro atoms. The zero-order valence-electron chi connectivity index (χ0n) is 8.41. The number of hydrogen-bond acceptors (Lipinski definition) is 1. The van der Waals surface area contributed by atoms with Crippen molar-refractivity contribution in [3.63, 3.8) is 0 Å². The summed E-state index contributed by atoms with van der Waals surface area (Å²) in [5.41, 5.74) is 1.31. The third-order valence-corrected chi connectivity index (χ3v) is 2.28. The summed E-state index contributed by atoms with van der Waals surface area (Å²) in [4.78, 5) is 0. The van der Waals surface area contributed by atoms with Crippen molar-refractivity contribution in [2.24, 2.45) is 0 Å². The predicted octanol–water partition coefficient (Wildman–Crippen LogP) is 3.13. The molecular weight excluding hydrogens is 194 g/mol. The number of benzene rings is 1. The Bertz CT molecular complexity index is 269. The Balaban J connectivity index is 2.36. The molecule has 1 atom stereocenters. The van der Waals surface area contributed by atoms with Crippen molar-refractivity contribution in [1.82, 2.24) is 5.32 Å². The Labute approximate surface area is 90.8 Å². The summed E-state index contributed by atoms with van der Waals surface area (Å²) < 4.78 is 0. The minimum atomic E-state index is 0.385. The molecule has 0 aliphatic rings. The number of hydrogen-bond donors (Lipinski definition) is 1. The van der Waals surface area contributed by atoms with Crippen molar-refractivity contribution in [3.05, 3.63) is 48.0 Å². The van der Waals surface area contributed by atoms with E-state index >= 15 is 0 Å². The third-order valence-electron chi connectivity index (χ3n) is 2.10. The normalized spacial score (nSPS) is 13.3. The summed E-state index contributed by atoms with van der Waals surface area (Å²) in [6.45, 7) is 3.02. The molecule has 1 rings (SSSR count). The number of alkyl halides is 1. The van der Waals surface area contributed by atoms with Gasteiger partial charge in [-0.25, -0.2) is 0 Å². The molecule has 0 fully saturated rings. The van der Waals surface area contributed by atoms with E-state index in [1.54, 1.807) is 0 Å². The van der Waals surface area contributed by atoms with Crippen LogP contribution < -0.4 is 5.32 Å². The second-order valence-corrected chi connectivity index (χ2v) is 3.47. The predicted molar refractivity (Wildman–Crippen MR) is 62.7 cm³/mol. The zero-order chi connectivity index (χ0) is 10.2. The average molecular weight is 210 g/mol. The Hall–Kier alpha value is -0.790. The standard InChI is InChI=1S/C12H16ClN/c1-11(14-10-6-5-9-13)12-7-3-2-4-8-12/h2-8,11,14H,9-10H2,1H3/b6-5+. The van der Waals surface area contributed by atoms with E-state index < -0.39 is 0 Å². The molecular formula is C12H16ClN. The SMILES string of the molecule is CC(NC/C=C/CCl)c1ccccc1. The molecule has 0 aliphatic heterocycles. The van der Waals surface area contributed by atoms with Gasteiger partial charge in [-0.1, -0.05) is 42.5 Å². The third kappa shape index (κ3) is 3.95. The van der Waals surface area contributed by atoms with E-state index in [1.807, 2.05) is 18.2 Å². The first-order valence-electron chi connectivity index (χ1n) is 4.84. The van der Waals surface area contributed by atoms with Crippen LogP contribution in [0.3, 0.4) is 0 Å². The van der Waals surface area contributed by atoms with Gasteiger partial charge in [0.05, 0.1) is 0 Å². The van der Waals surface area contributed by atoms with Crippen molar-refractivity contribution >= 4 is 11.6 Å². The van der Waals surface area contributed by atoms with Gasteiger partial charge in [0.25, 0.3) is 0 Å². The van der Waals surface area contributed by atoms with E-state index in [9.17, 15) is 0 Å². The van der Waals surface area contributed by atoms with Crippen molar-refractivity contribution in [1.29, 1.82) is 0 Å². The number of halogens is 1. The second kappa shape index (κ2) is 6.63. The van der Waals surface area contributed by atoms with Crippen LogP contribution in [-0.2, 0) is 0 Å². The lowest BCUT2D eigenvalue weighted by molar-refractivity contribution is 0.617. The highest BCUT2D eigenvalue weighted by molar-refractivity contribution is 6.18. The fourth-order valence-corrected chi connectivity index (χ4v) is 1.38. The first-order valence-corrected chi connectivity index (χ1v) is 5.37. The summed E-state index contributed by atoms with van der Waals surface area (Å²) in [6, 6.07) is 10.8. The van der Waals surface area contributed by atoms with Gasteiger partial charge in [0.2, 0.25) is 0 Å². The summed E-state index contributed by atoms with van der Waals surface area (Å²) >= 11 is 5.52. The smallest absolute Gasteiger partial charge is 0.0404 e. The van der Waals surface area contributed by atoms with Gasteiger partial charge in [-0.05, 0) is 12.5 Å². The van der Waals surface area contributed by atoms with E-state index in [4.69, 9.17) is 11.6 Å². The highest BCUT2D eigenvalue weighted by Gasteiger charge is 2.00. The van der Waals surface area contributed by atoms with E-state index in [0.29, 0.717) is 11.9 Å². The van der Waals surface area contributed by atoms with Crippen LogP contribution in [0.4, 0.5) is 0 Å². The quantitative estimate of drug-likeness (QED) is 0.581. The van der Waals surface area contributed by atoms with Crippen LogP contribution in [0, 0.1) is 0 Å². The molecule has 0 aliphatic carbocycles. The van der Waals surface area contributed by atoms with Crippen molar-refractivity contribution in [2.45, 2.75) is 13.0 Å². The maximum Gasteiger partial charge on any atom is 0.0404 e. The fraction of sp³-hybridized carbons (Fsp3) is 0.333. The molecule has 76 valence electrons. The molecule has 2 heteroatoms. The van der Waals surface area contributed by atoms with E-state index in [0.717, 1.165) is 6.54 Å². The molecule has 14 heavy (non-hydrogen) atoms. The highest BCUT2D eigenvalue weighted by atomic mass is 35.5. The highest BCUT2D eigenvalue weighted by Crippen LogP contribution is 2.10. The summed E-state index contributed by atoms with van der Waals surface area (Å²) in [6.07, 6.45) is 4.00. The van der Waals surface area contributed by atoms with Gasteiger partial charge in [-0.3, -0.25) is 0 Å². The van der Waals surface area contributed by atoms with Gasteiger partial charge in [-0.2, -0.15) is 0 Å². The molecule has 1 nitrogen and oxygen atoms in total. The fourth-order valence-electron chi connectivity index (χ4n) is 1.25. The molecule has 0 saturated heterocycles. The largest absolute Gasteiger partial charge is 0.307 e. The number of rotatable bonds is 5. The zero-order valence-corrected chi connectivity index (χ0v) is 9.17. The molecule has 1 aromatic rings. The van der Waals surface area contributed by atoms with Gasteiger partial charge in [0, 0.05) is 18.5 Å². The van der Waals surface area contributed by atoms with Crippen LogP contribution >= 0.6 is 11.6 Å². The Morgan fingerprint density at radius 1 is 1.29 bits per heavy atom. The van der Waals surface area contributed by atoms with Crippen LogP contribution in [0.5, 0.6) is 0 Å². The second-order valence-electron chi connectivity index (χ2n) is 3.17. The molecule has 0 bridgehead atoms. The maximum absolute atomic E-state index is 5.52. The molecule has 0 radical (unpaired) electrons. The van der Waals surface area contributed by atoms with Gasteiger partial charge >= 0.3 is 0 Å². The van der Waals surface area contributed by atoms with Crippen LogP contribution in [0.25, 0.3) is 0 Å². The number of allylic oxidation sites excluding steroid dienone is 1. The van der Waals surface area contributed by atoms with Crippen molar-refractivity contribution < 1.29 is 0 Å². The van der Waals surface area contributed by atoms with Crippen LogP contribution in [0.2, 0.25) is 0 Å². The van der Waals surface area contributed by atoms with Gasteiger partial charge < -0.3 is 5.32 Å². The lowest BCUT2D eigenvalue weighted by Gasteiger charge is -2.12. The molecule has 0 aromatic heterocycles. The first kappa shape index (κ1) is 11.3. The Morgan fingerprint density at radius 2 is 2.00 bits per heavy atom. The Morgan fingerprint density at radius 3 is 2.64 bits per heavy atom. The maximum atomic E-state index is 5.52. The summed E-state index contributed by atoms with van der Waals surface area (Å²) in [5, 5.41) is 3.39. The van der Waals surface area contributed by atoms with E-state index in [1.165, 1.54) is 5.56 Å². The molecule has 0 amide bonds. The lowest BCUT2D eigenvalue weighted by atomic mass is 10.1. The monoisotopic (exact) mass is 209 g/mol. The van der Waals surface area contributed by atoms with Crippen LogP contribution in [0.1, 0.15) is 18.5 Å². The van der Waals surface area contributed by atoms with Gasteiger partial charge in [0.1, 0.15) is 0 Å². The molecule has 1 aromatic carbocycles. The minimum absolute atomic E-state index is 0.385. The molecule has 0 heterocycles. The average Bonchev–Trinajstić information content (AvgIpc) is 2.25. The number of nitrogens with one attached hydrogen (secondary N) is 1. The summed E-state index contributed by atoms with van der Waals surface area (Å²) in [5.74, 6) is 0.585.